The molecule has 1 atom stereocenters. The fourth-order valence-corrected chi connectivity index (χ4v) is 6.28. The first kappa shape index (κ1) is 36.1. The van der Waals surface area contributed by atoms with Crippen molar-refractivity contribution in [3.63, 3.8) is 0 Å². The van der Waals surface area contributed by atoms with Crippen LogP contribution in [0.25, 0.3) is 22.3 Å². The molecule has 1 unspecified atom stereocenters. The number of amides is 3. The van der Waals surface area contributed by atoms with E-state index in [1.54, 1.807) is 0 Å². The second-order valence-corrected chi connectivity index (χ2v) is 15.7. The van der Waals surface area contributed by atoms with Crippen molar-refractivity contribution in [3.8, 4) is 23.1 Å². The van der Waals surface area contributed by atoms with Gasteiger partial charge in [-0.2, -0.15) is 0 Å². The number of aromatic amines is 2. The van der Waals surface area contributed by atoms with Crippen molar-refractivity contribution in [1.29, 1.82) is 0 Å². The number of carbonyl (C=O) groups is 3. The zero-order valence-corrected chi connectivity index (χ0v) is 32.5. The predicted octanol–water partition coefficient (Wildman–Crippen LogP) is 4.82. The van der Waals surface area contributed by atoms with Crippen molar-refractivity contribution >= 4 is 54.7 Å². The van der Waals surface area contributed by atoms with E-state index in [0.29, 0.717) is 51.2 Å². The van der Waals surface area contributed by atoms with E-state index < -0.39 is 9.69 Å². The quantitative estimate of drug-likeness (QED) is 0.0814. The van der Waals surface area contributed by atoms with E-state index >= 15 is 0 Å². The summed E-state index contributed by atoms with van der Waals surface area (Å²) in [5.74, 6) is 8.54. The van der Waals surface area contributed by atoms with Crippen molar-refractivity contribution in [2.24, 2.45) is 11.3 Å². The Labute approximate surface area is 303 Å². The van der Waals surface area contributed by atoms with Gasteiger partial charge in [0, 0.05) is 24.1 Å². The molecule has 1 aliphatic rings. The van der Waals surface area contributed by atoms with Gasteiger partial charge in [0.2, 0.25) is 5.91 Å². The van der Waals surface area contributed by atoms with Crippen LogP contribution in [0.1, 0.15) is 75.7 Å². The number of aryl methyl sites for hydroxylation is 1. The SMILES string of the molecule is COC(=O)N[CH]([Pb])C(=O)NCCCCc1ncc(-c2ccc(C#Cc3ccc4nc(CN(CC5(C)CC5)C(=O)CC(C)C)[nH]c4c3)cc2)[nH]1. The molecular formula is C37H44N7O4Pb. The number of hydrogen-bond acceptors (Lipinski definition) is 6. The molecule has 2 heterocycles. The number of imidazole rings is 2. The molecule has 0 bridgehead atoms. The molecule has 1 saturated carbocycles. The molecule has 2 aromatic carbocycles. The van der Waals surface area contributed by atoms with Crippen LogP contribution in [0.3, 0.4) is 0 Å². The van der Waals surface area contributed by atoms with Crippen LogP contribution in [0.5, 0.6) is 0 Å². The molecule has 11 nitrogen and oxygen atoms in total. The van der Waals surface area contributed by atoms with Crippen LogP contribution in [-0.4, -0.2) is 92.3 Å². The molecule has 3 amide bonds. The third-order valence-electron chi connectivity index (χ3n) is 8.51. The minimum atomic E-state index is -0.599. The number of H-pyrrole nitrogens is 2. The number of hydrogen-bond donors (Lipinski definition) is 4. The monoisotopic (exact) mass is 858 g/mol. The normalized spacial score (nSPS) is 13.8. The molecule has 12 heteroatoms. The van der Waals surface area contributed by atoms with Gasteiger partial charge in [-0.25, -0.2) is 4.98 Å². The van der Waals surface area contributed by atoms with Gasteiger partial charge in [0.15, 0.2) is 0 Å². The zero-order chi connectivity index (χ0) is 35.0. The number of rotatable bonds is 14. The third-order valence-corrected chi connectivity index (χ3v) is 10.1. The van der Waals surface area contributed by atoms with Gasteiger partial charge in [-0.05, 0) is 54.5 Å². The summed E-state index contributed by atoms with van der Waals surface area (Å²) in [5, 5.41) is 5.36. The third kappa shape index (κ3) is 10.6. The fourth-order valence-electron chi connectivity index (χ4n) is 5.43. The van der Waals surface area contributed by atoms with Crippen LogP contribution in [0.15, 0.2) is 48.7 Å². The number of nitrogens with one attached hydrogen (secondary N) is 4. The van der Waals surface area contributed by atoms with Gasteiger partial charge in [-0.15, -0.1) is 0 Å². The van der Waals surface area contributed by atoms with Crippen molar-refractivity contribution in [3.05, 3.63) is 71.4 Å². The summed E-state index contributed by atoms with van der Waals surface area (Å²) in [6.45, 7) is 8.21. The van der Waals surface area contributed by atoms with Crippen molar-refractivity contribution in [1.82, 2.24) is 35.5 Å². The number of aromatic nitrogens is 4. The van der Waals surface area contributed by atoms with Gasteiger partial charge in [0.1, 0.15) is 5.82 Å². The molecule has 1 fully saturated rings. The van der Waals surface area contributed by atoms with E-state index in [1.165, 1.54) is 20.0 Å². The molecule has 4 N–H and O–H groups in total. The number of carbonyl (C=O) groups excluding carboxylic acids is 3. The van der Waals surface area contributed by atoms with Crippen LogP contribution in [0.4, 0.5) is 4.79 Å². The zero-order valence-electron chi connectivity index (χ0n) is 28.6. The van der Waals surface area contributed by atoms with Crippen molar-refractivity contribution in [2.75, 3.05) is 20.2 Å². The van der Waals surface area contributed by atoms with E-state index in [0.717, 1.165) is 70.9 Å². The molecule has 2 aromatic heterocycles. The topological polar surface area (TPSA) is 145 Å². The first-order valence-electron chi connectivity index (χ1n) is 16.8. The van der Waals surface area contributed by atoms with Gasteiger partial charge in [-0.1, -0.05) is 32.6 Å². The molecule has 0 saturated heterocycles. The molecule has 1 aliphatic carbocycles. The number of fused-ring (bicyclic) bond motifs is 1. The Morgan fingerprint density at radius 2 is 1.78 bits per heavy atom. The standard InChI is InChI=1S/C37H44N7O4.Pb/c1-25(2)19-35(46)44(24-37(3)16-17-37)23-33-41-29-15-12-27(20-30(29)42-33)9-8-26-10-13-28(14-11-26)31-21-39-32(43-31)7-5-6-18-38-34(45)22-40-36(47)48-4;/h10-15,20-22,25H,5-7,16-19,23-24H2,1-4H3,(H,38,45)(H,39,43)(H,40,47)(H,41,42);. The predicted molar refractivity (Wildman–Crippen MR) is 189 cm³/mol. The van der Waals surface area contributed by atoms with Gasteiger partial charge in [-0.3, -0.25) is 4.79 Å². The van der Waals surface area contributed by atoms with Crippen LogP contribution >= 0.6 is 0 Å². The van der Waals surface area contributed by atoms with Crippen LogP contribution in [0.2, 0.25) is 0 Å². The summed E-state index contributed by atoms with van der Waals surface area (Å²) >= 11 is 0.496. The van der Waals surface area contributed by atoms with E-state index in [9.17, 15) is 14.4 Å². The second kappa shape index (κ2) is 16.5. The van der Waals surface area contributed by atoms with E-state index in [1.807, 2.05) is 53.6 Å². The summed E-state index contributed by atoms with van der Waals surface area (Å²) in [5.41, 5.74) is 5.76. The summed E-state index contributed by atoms with van der Waals surface area (Å²) in [6.07, 6.45) is 6.54. The maximum atomic E-state index is 13.0. The first-order chi connectivity index (χ1) is 23.5. The van der Waals surface area contributed by atoms with E-state index in [4.69, 9.17) is 4.98 Å². The Hall–Kier alpha value is -4.19. The fraction of sp³-hybridized carbons (Fsp3) is 0.432. The van der Waals surface area contributed by atoms with Gasteiger partial charge in [0.25, 0.3) is 0 Å². The molecule has 0 spiro atoms. The first-order valence-corrected chi connectivity index (χ1v) is 19.0. The van der Waals surface area contributed by atoms with Crippen LogP contribution < -0.4 is 10.6 Å². The maximum absolute atomic E-state index is 13.0. The number of methoxy groups -OCH3 is 1. The Morgan fingerprint density at radius 1 is 1.04 bits per heavy atom. The Balaban J connectivity index is 1.12. The average molecular weight is 858 g/mol. The average Bonchev–Trinajstić information content (AvgIpc) is 3.42. The number of alkyl carbamates (subject to hydrolysis) is 1. The molecule has 49 heavy (non-hydrogen) atoms. The van der Waals surface area contributed by atoms with E-state index in [2.05, 4.69) is 62.9 Å². The number of nitrogens with zero attached hydrogens (tertiary/aromatic N) is 3. The number of benzene rings is 2. The molecule has 3 radical (unpaired) electrons. The molecule has 5 rings (SSSR count). The number of ether oxygens (including phenoxy) is 1. The van der Waals surface area contributed by atoms with E-state index in [-0.39, 0.29) is 17.2 Å². The second-order valence-electron chi connectivity index (χ2n) is 13.5. The summed E-state index contributed by atoms with van der Waals surface area (Å²) in [7, 11) is 1.27. The van der Waals surface area contributed by atoms with Gasteiger partial charge >= 0.3 is 145 Å². The summed E-state index contributed by atoms with van der Waals surface area (Å²) < 4.78 is 4.02. The molecule has 255 valence electrons. The summed E-state index contributed by atoms with van der Waals surface area (Å²) in [4.78, 5) is 54.5. The van der Waals surface area contributed by atoms with Crippen LogP contribution in [0, 0.1) is 23.2 Å². The number of unbranched alkanes of at least 4 members (excludes halogenated alkanes) is 1. The van der Waals surface area contributed by atoms with Gasteiger partial charge < -0.3 is 9.88 Å². The Kier molecular flexibility index (Phi) is 12.1. The minimum absolute atomic E-state index is 0.188. The summed E-state index contributed by atoms with van der Waals surface area (Å²) in [6, 6.07) is 14.0. The van der Waals surface area contributed by atoms with Crippen LogP contribution in [-0.2, 0) is 27.3 Å². The Bertz CT molecular complexity index is 1830. The Morgan fingerprint density at radius 3 is 2.49 bits per heavy atom. The molecule has 4 aromatic rings. The van der Waals surface area contributed by atoms with Crippen molar-refractivity contribution < 1.29 is 19.1 Å². The van der Waals surface area contributed by atoms with Gasteiger partial charge in [0.05, 0.1) is 17.6 Å². The van der Waals surface area contributed by atoms with Crippen molar-refractivity contribution in [2.45, 2.75) is 69.4 Å². The molecular weight excluding hydrogens is 814 g/mol. The molecule has 0 aliphatic heterocycles.